The fourth-order valence-electron chi connectivity index (χ4n) is 3.12. The van der Waals surface area contributed by atoms with Crippen LogP contribution in [0.4, 0.5) is 0 Å². The summed E-state index contributed by atoms with van der Waals surface area (Å²) >= 11 is 0. The summed E-state index contributed by atoms with van der Waals surface area (Å²) in [6.45, 7) is 14.5. The molecule has 26 heavy (non-hydrogen) atoms. The molecule has 0 N–H and O–H groups in total. The van der Waals surface area contributed by atoms with E-state index in [9.17, 15) is 4.57 Å². The first-order valence-electron chi connectivity index (χ1n) is 10.9. The number of hydrogen-bond acceptors (Lipinski definition) is 4. The number of rotatable bonds is 18. The molecule has 0 radical (unpaired) electrons. The monoisotopic (exact) mass is 392 g/mol. The van der Waals surface area contributed by atoms with Crippen molar-refractivity contribution in [1.82, 2.24) is 0 Å². The molecule has 0 fully saturated rings. The summed E-state index contributed by atoms with van der Waals surface area (Å²) in [4.78, 5) is 0. The van der Waals surface area contributed by atoms with E-state index in [2.05, 4.69) is 41.5 Å². The van der Waals surface area contributed by atoms with E-state index < -0.39 is 7.82 Å². The predicted octanol–water partition coefficient (Wildman–Crippen LogP) is 7.62. The SMILES string of the molecule is CCCC(C)CCOP(=O)(OCCC(C)CCC)OCCC(C)CCC. The Morgan fingerprint density at radius 3 is 1.08 bits per heavy atom. The van der Waals surface area contributed by atoms with Crippen LogP contribution in [0.2, 0.25) is 0 Å². The van der Waals surface area contributed by atoms with Crippen LogP contribution in [0.5, 0.6) is 0 Å². The van der Waals surface area contributed by atoms with Crippen LogP contribution in [-0.4, -0.2) is 19.8 Å². The smallest absolute Gasteiger partial charge is 0.287 e. The van der Waals surface area contributed by atoms with E-state index in [4.69, 9.17) is 13.6 Å². The molecule has 0 bridgehead atoms. The Labute approximate surface area is 163 Å². The zero-order valence-electron chi connectivity index (χ0n) is 18.3. The van der Waals surface area contributed by atoms with Crippen molar-refractivity contribution in [3.63, 3.8) is 0 Å². The van der Waals surface area contributed by atoms with Crippen molar-refractivity contribution in [2.75, 3.05) is 19.8 Å². The van der Waals surface area contributed by atoms with E-state index in [1.807, 2.05) is 0 Å². The average molecular weight is 393 g/mol. The summed E-state index contributed by atoms with van der Waals surface area (Å²) in [5.41, 5.74) is 0. The third-order valence-electron chi connectivity index (χ3n) is 4.92. The van der Waals surface area contributed by atoms with Crippen LogP contribution in [0.25, 0.3) is 0 Å². The molecule has 158 valence electrons. The van der Waals surface area contributed by atoms with Crippen LogP contribution in [0.3, 0.4) is 0 Å². The van der Waals surface area contributed by atoms with E-state index in [1.165, 1.54) is 19.3 Å². The van der Waals surface area contributed by atoms with Gasteiger partial charge in [-0.15, -0.1) is 0 Å². The van der Waals surface area contributed by atoms with Gasteiger partial charge in [0, 0.05) is 0 Å². The number of phosphoric acid groups is 1. The Bertz CT molecular complexity index is 310. The second-order valence-electron chi connectivity index (χ2n) is 7.99. The third-order valence-corrected chi connectivity index (χ3v) is 6.42. The van der Waals surface area contributed by atoms with E-state index in [-0.39, 0.29) is 0 Å². The van der Waals surface area contributed by atoms with E-state index in [0.717, 1.165) is 38.5 Å². The fourth-order valence-corrected chi connectivity index (χ4v) is 4.33. The molecule has 0 rings (SSSR count). The summed E-state index contributed by atoms with van der Waals surface area (Å²) in [5, 5.41) is 0. The van der Waals surface area contributed by atoms with Crippen molar-refractivity contribution in [3.05, 3.63) is 0 Å². The molecule has 0 saturated carbocycles. The molecule has 3 atom stereocenters. The van der Waals surface area contributed by atoms with Crippen LogP contribution in [-0.2, 0) is 18.1 Å². The largest absolute Gasteiger partial charge is 0.474 e. The zero-order chi connectivity index (χ0) is 19.8. The van der Waals surface area contributed by atoms with Crippen LogP contribution in [0.15, 0.2) is 0 Å². The Morgan fingerprint density at radius 1 is 0.577 bits per heavy atom. The molecule has 3 unspecified atom stereocenters. The fraction of sp³-hybridized carbons (Fsp3) is 1.00. The molecule has 0 aliphatic rings. The lowest BCUT2D eigenvalue weighted by Crippen LogP contribution is -2.09. The molecule has 0 amide bonds. The second kappa shape index (κ2) is 16.1. The molecule has 0 aliphatic carbocycles. The zero-order valence-corrected chi connectivity index (χ0v) is 19.2. The Kier molecular flexibility index (Phi) is 16.2. The summed E-state index contributed by atoms with van der Waals surface area (Å²) in [5.74, 6) is 1.72. The maximum Gasteiger partial charge on any atom is 0.474 e. The van der Waals surface area contributed by atoms with Gasteiger partial charge in [0.05, 0.1) is 19.8 Å². The van der Waals surface area contributed by atoms with Gasteiger partial charge in [-0.25, -0.2) is 4.57 Å². The van der Waals surface area contributed by atoms with Crippen molar-refractivity contribution in [2.45, 2.75) is 99.3 Å². The standard InChI is InChI=1S/C21H45O4P/c1-7-10-19(4)13-16-23-26(22,24-17-14-20(5)11-8-2)25-18-15-21(6)12-9-3/h19-21H,7-18H2,1-6H3. The molecular formula is C21H45O4P. The van der Waals surface area contributed by atoms with Gasteiger partial charge < -0.3 is 0 Å². The minimum absolute atomic E-state index is 0.438. The lowest BCUT2D eigenvalue weighted by atomic mass is 10.0. The number of phosphoric ester groups is 1. The highest BCUT2D eigenvalue weighted by atomic mass is 31.2. The molecular weight excluding hydrogens is 347 g/mol. The van der Waals surface area contributed by atoms with E-state index >= 15 is 0 Å². The van der Waals surface area contributed by atoms with Crippen molar-refractivity contribution in [3.8, 4) is 0 Å². The average Bonchev–Trinajstić information content (AvgIpc) is 2.55. The quantitative estimate of drug-likeness (QED) is 0.225. The molecule has 4 nitrogen and oxygen atoms in total. The van der Waals surface area contributed by atoms with E-state index in [0.29, 0.717) is 37.6 Å². The van der Waals surface area contributed by atoms with Crippen LogP contribution in [0, 0.1) is 17.8 Å². The molecule has 0 aliphatic heterocycles. The van der Waals surface area contributed by atoms with Crippen molar-refractivity contribution in [2.24, 2.45) is 17.8 Å². The van der Waals surface area contributed by atoms with Gasteiger partial charge in [-0.05, 0) is 37.0 Å². The van der Waals surface area contributed by atoms with Gasteiger partial charge in [0.1, 0.15) is 0 Å². The molecule has 0 heterocycles. The lowest BCUT2D eigenvalue weighted by Gasteiger charge is -2.21. The molecule has 0 aromatic rings. The first kappa shape index (κ1) is 26.1. The van der Waals surface area contributed by atoms with Crippen molar-refractivity contribution in [1.29, 1.82) is 0 Å². The van der Waals surface area contributed by atoms with Gasteiger partial charge in [-0.1, -0.05) is 80.1 Å². The van der Waals surface area contributed by atoms with Gasteiger partial charge >= 0.3 is 7.82 Å². The predicted molar refractivity (Wildman–Crippen MR) is 112 cm³/mol. The highest BCUT2D eigenvalue weighted by Gasteiger charge is 2.27. The third kappa shape index (κ3) is 14.2. The molecule has 0 aromatic carbocycles. The molecule has 5 heteroatoms. The highest BCUT2D eigenvalue weighted by molar-refractivity contribution is 7.48. The maximum atomic E-state index is 13.0. The van der Waals surface area contributed by atoms with Gasteiger partial charge in [0.2, 0.25) is 0 Å². The summed E-state index contributed by atoms with van der Waals surface area (Å²) in [6, 6.07) is 0. The number of hydrogen-bond donors (Lipinski definition) is 0. The first-order chi connectivity index (χ1) is 12.4. The highest BCUT2D eigenvalue weighted by Crippen LogP contribution is 2.50. The normalized spacial score (nSPS) is 17.6. The minimum atomic E-state index is -3.44. The first-order valence-corrected chi connectivity index (χ1v) is 12.4. The summed E-state index contributed by atoms with van der Waals surface area (Å²) < 4.78 is 29.9. The van der Waals surface area contributed by atoms with Crippen molar-refractivity contribution < 1.29 is 18.1 Å². The van der Waals surface area contributed by atoms with Gasteiger partial charge in [0.15, 0.2) is 0 Å². The van der Waals surface area contributed by atoms with Gasteiger partial charge in [-0.2, -0.15) is 0 Å². The van der Waals surface area contributed by atoms with Crippen LogP contribution >= 0.6 is 7.82 Å². The van der Waals surface area contributed by atoms with Crippen molar-refractivity contribution >= 4 is 7.82 Å². The minimum Gasteiger partial charge on any atom is -0.287 e. The Morgan fingerprint density at radius 2 is 0.846 bits per heavy atom. The van der Waals surface area contributed by atoms with Gasteiger partial charge in [0.25, 0.3) is 0 Å². The summed E-state index contributed by atoms with van der Waals surface area (Å²) in [6.07, 6.45) is 9.66. The summed E-state index contributed by atoms with van der Waals surface area (Å²) in [7, 11) is -3.44. The Balaban J connectivity index is 4.42. The maximum absolute atomic E-state index is 13.0. The van der Waals surface area contributed by atoms with E-state index in [1.54, 1.807) is 0 Å². The van der Waals surface area contributed by atoms with Crippen LogP contribution < -0.4 is 0 Å². The molecule has 0 spiro atoms. The second-order valence-corrected chi connectivity index (χ2v) is 9.66. The topological polar surface area (TPSA) is 44.8 Å². The molecule has 0 aromatic heterocycles. The van der Waals surface area contributed by atoms with Crippen LogP contribution in [0.1, 0.15) is 99.3 Å². The Hall–Kier alpha value is 0.110. The van der Waals surface area contributed by atoms with Gasteiger partial charge in [-0.3, -0.25) is 13.6 Å². The molecule has 0 saturated heterocycles. The lowest BCUT2D eigenvalue weighted by molar-refractivity contribution is 0.0997.